The Hall–Kier alpha value is -0.860. The first-order chi connectivity index (χ1) is 6.91. The molecule has 0 aromatic heterocycles. The predicted octanol–water partition coefficient (Wildman–Crippen LogP) is 2.50. The number of nitrogens with one attached hydrogen (secondary N) is 1. The summed E-state index contributed by atoms with van der Waals surface area (Å²) in [5.74, 6) is 0. The summed E-state index contributed by atoms with van der Waals surface area (Å²) in [5.41, 5.74) is 0.553. The summed E-state index contributed by atoms with van der Waals surface area (Å²) in [6.07, 6.45) is 0. The molecule has 2 heteroatoms. The van der Waals surface area contributed by atoms with Crippen LogP contribution in [0.3, 0.4) is 0 Å². The van der Waals surface area contributed by atoms with Crippen LogP contribution in [0.2, 0.25) is 0 Å². The van der Waals surface area contributed by atoms with E-state index < -0.39 is 5.60 Å². The topological polar surface area (TPSA) is 32.3 Å². The van der Waals surface area contributed by atoms with Crippen molar-refractivity contribution < 1.29 is 5.11 Å². The van der Waals surface area contributed by atoms with Crippen LogP contribution in [-0.2, 0) is 0 Å². The van der Waals surface area contributed by atoms with Crippen LogP contribution in [0.15, 0.2) is 30.3 Å². The molecule has 2 atom stereocenters. The van der Waals surface area contributed by atoms with Gasteiger partial charge in [-0.05, 0) is 33.3 Å². The van der Waals surface area contributed by atoms with Crippen LogP contribution < -0.4 is 5.32 Å². The minimum absolute atomic E-state index is 0.0627. The van der Waals surface area contributed by atoms with Gasteiger partial charge >= 0.3 is 0 Å². The average Bonchev–Trinajstić information content (AvgIpc) is 2.17. The lowest BCUT2D eigenvalue weighted by Crippen LogP contribution is -2.45. The molecule has 15 heavy (non-hydrogen) atoms. The fraction of sp³-hybridized carbons (Fsp3) is 0.538. The summed E-state index contributed by atoms with van der Waals surface area (Å²) in [7, 11) is 0. The van der Waals surface area contributed by atoms with Crippen LogP contribution in [0, 0.1) is 0 Å². The van der Waals surface area contributed by atoms with Gasteiger partial charge in [0.05, 0.1) is 5.60 Å². The molecule has 0 saturated carbocycles. The van der Waals surface area contributed by atoms with Gasteiger partial charge in [-0.2, -0.15) is 0 Å². The van der Waals surface area contributed by atoms with Crippen molar-refractivity contribution in [1.29, 1.82) is 0 Å². The molecule has 1 aromatic rings. The lowest BCUT2D eigenvalue weighted by Gasteiger charge is -2.30. The highest BCUT2D eigenvalue weighted by atomic mass is 16.3. The largest absolute Gasteiger partial charge is 0.389 e. The Kier molecular flexibility index (Phi) is 3.89. The van der Waals surface area contributed by atoms with Crippen LogP contribution in [0.25, 0.3) is 0 Å². The van der Waals surface area contributed by atoms with Gasteiger partial charge < -0.3 is 10.4 Å². The Morgan fingerprint density at radius 3 is 2.13 bits per heavy atom. The Morgan fingerprint density at radius 2 is 1.67 bits per heavy atom. The summed E-state index contributed by atoms with van der Waals surface area (Å²) in [4.78, 5) is 0. The third-order valence-corrected chi connectivity index (χ3v) is 2.86. The van der Waals surface area contributed by atoms with Gasteiger partial charge in [-0.1, -0.05) is 30.3 Å². The molecule has 0 amide bonds. The monoisotopic (exact) mass is 207 g/mol. The van der Waals surface area contributed by atoms with Gasteiger partial charge in [-0.3, -0.25) is 0 Å². The average molecular weight is 207 g/mol. The molecule has 0 aliphatic heterocycles. The number of hydrogen-bond acceptors (Lipinski definition) is 2. The first-order valence-corrected chi connectivity index (χ1v) is 5.44. The van der Waals surface area contributed by atoms with Gasteiger partial charge in [0.2, 0.25) is 0 Å². The minimum Gasteiger partial charge on any atom is -0.389 e. The van der Waals surface area contributed by atoms with Crippen LogP contribution in [0.1, 0.15) is 39.3 Å². The molecule has 1 unspecified atom stereocenters. The molecule has 2 nitrogen and oxygen atoms in total. The van der Waals surface area contributed by atoms with E-state index in [1.54, 1.807) is 0 Å². The third kappa shape index (κ3) is 3.65. The van der Waals surface area contributed by atoms with Crippen LogP contribution >= 0.6 is 0 Å². The molecule has 84 valence electrons. The summed E-state index contributed by atoms with van der Waals surface area (Å²) in [6.45, 7) is 7.75. The quantitative estimate of drug-likeness (QED) is 0.795. The maximum Gasteiger partial charge on any atom is 0.0741 e. The molecule has 0 aliphatic carbocycles. The third-order valence-electron chi connectivity index (χ3n) is 2.86. The van der Waals surface area contributed by atoms with E-state index in [4.69, 9.17) is 0 Å². The van der Waals surface area contributed by atoms with Gasteiger partial charge in [0.15, 0.2) is 0 Å². The maximum absolute atomic E-state index is 9.82. The number of hydrogen-bond donors (Lipinski definition) is 2. The van der Waals surface area contributed by atoms with E-state index in [0.717, 1.165) is 0 Å². The van der Waals surface area contributed by atoms with Crippen molar-refractivity contribution in [2.75, 3.05) is 0 Å². The first-order valence-electron chi connectivity index (χ1n) is 5.44. The summed E-state index contributed by atoms with van der Waals surface area (Å²) < 4.78 is 0. The second-order valence-electron chi connectivity index (χ2n) is 4.67. The SMILES string of the molecule is CC(N[C@H](C)c1ccccc1)C(C)(C)O. The van der Waals surface area contributed by atoms with E-state index in [-0.39, 0.29) is 12.1 Å². The molecule has 0 radical (unpaired) electrons. The van der Waals surface area contributed by atoms with E-state index in [1.807, 2.05) is 39.0 Å². The normalized spacial score (nSPS) is 16.1. The highest BCUT2D eigenvalue weighted by molar-refractivity contribution is 5.18. The Bertz CT molecular complexity index is 289. The first kappa shape index (κ1) is 12.2. The maximum atomic E-state index is 9.82. The smallest absolute Gasteiger partial charge is 0.0741 e. The van der Waals surface area contributed by atoms with E-state index in [0.29, 0.717) is 0 Å². The minimum atomic E-state index is -0.691. The summed E-state index contributed by atoms with van der Waals surface area (Å²) >= 11 is 0. The van der Waals surface area contributed by atoms with Crippen LogP contribution in [-0.4, -0.2) is 16.7 Å². The molecule has 0 fully saturated rings. The molecular formula is C13H21NO. The van der Waals surface area contributed by atoms with Crippen molar-refractivity contribution in [3.05, 3.63) is 35.9 Å². The van der Waals surface area contributed by atoms with Gasteiger partial charge in [-0.15, -0.1) is 0 Å². The highest BCUT2D eigenvalue weighted by Gasteiger charge is 2.23. The molecule has 0 saturated heterocycles. The molecule has 1 aromatic carbocycles. The number of aliphatic hydroxyl groups is 1. The number of benzene rings is 1. The van der Waals surface area contributed by atoms with E-state index in [1.165, 1.54) is 5.56 Å². The van der Waals surface area contributed by atoms with Crippen molar-refractivity contribution in [3.63, 3.8) is 0 Å². The molecule has 0 aliphatic rings. The molecule has 1 rings (SSSR count). The van der Waals surface area contributed by atoms with Crippen molar-refractivity contribution >= 4 is 0 Å². The van der Waals surface area contributed by atoms with Crippen molar-refractivity contribution in [2.45, 2.75) is 45.4 Å². The van der Waals surface area contributed by atoms with E-state index in [2.05, 4.69) is 24.4 Å². The van der Waals surface area contributed by atoms with Gasteiger partial charge in [-0.25, -0.2) is 0 Å². The lowest BCUT2D eigenvalue weighted by molar-refractivity contribution is 0.0405. The fourth-order valence-corrected chi connectivity index (χ4v) is 1.42. The summed E-state index contributed by atoms with van der Waals surface area (Å²) in [6, 6.07) is 10.6. The molecule has 0 bridgehead atoms. The zero-order valence-electron chi connectivity index (χ0n) is 9.99. The molecule has 2 N–H and O–H groups in total. The highest BCUT2D eigenvalue weighted by Crippen LogP contribution is 2.16. The molecule has 0 spiro atoms. The Morgan fingerprint density at radius 1 is 1.13 bits per heavy atom. The Labute approximate surface area is 92.3 Å². The van der Waals surface area contributed by atoms with E-state index >= 15 is 0 Å². The lowest BCUT2D eigenvalue weighted by atomic mass is 9.98. The van der Waals surface area contributed by atoms with Crippen molar-refractivity contribution in [1.82, 2.24) is 5.32 Å². The van der Waals surface area contributed by atoms with Gasteiger partial charge in [0.1, 0.15) is 0 Å². The second-order valence-corrected chi connectivity index (χ2v) is 4.67. The zero-order valence-corrected chi connectivity index (χ0v) is 9.99. The van der Waals surface area contributed by atoms with Gasteiger partial charge in [0.25, 0.3) is 0 Å². The summed E-state index contributed by atoms with van der Waals surface area (Å²) in [5, 5.41) is 13.2. The second kappa shape index (κ2) is 4.77. The van der Waals surface area contributed by atoms with Crippen molar-refractivity contribution in [3.8, 4) is 0 Å². The van der Waals surface area contributed by atoms with Crippen molar-refractivity contribution in [2.24, 2.45) is 0 Å². The standard InChI is InChI=1S/C13H21NO/c1-10(12-8-6-5-7-9-12)14-11(2)13(3,4)15/h5-11,14-15H,1-4H3/t10-,11?/m1/s1. The number of rotatable bonds is 4. The fourth-order valence-electron chi connectivity index (χ4n) is 1.42. The van der Waals surface area contributed by atoms with Gasteiger partial charge in [0, 0.05) is 12.1 Å². The molecular weight excluding hydrogens is 186 g/mol. The van der Waals surface area contributed by atoms with Crippen LogP contribution in [0.4, 0.5) is 0 Å². The van der Waals surface area contributed by atoms with Crippen LogP contribution in [0.5, 0.6) is 0 Å². The molecule has 0 heterocycles. The van der Waals surface area contributed by atoms with E-state index in [9.17, 15) is 5.11 Å². The Balaban J connectivity index is 2.61. The predicted molar refractivity (Wildman–Crippen MR) is 63.8 cm³/mol. The zero-order chi connectivity index (χ0) is 11.5.